The zero-order valence-electron chi connectivity index (χ0n) is 11.1. The molecule has 0 bridgehead atoms. The van der Waals surface area contributed by atoms with E-state index >= 15 is 0 Å². The largest absolute Gasteiger partial charge is 0.297 e. The van der Waals surface area contributed by atoms with Crippen molar-refractivity contribution >= 4 is 16.7 Å². The van der Waals surface area contributed by atoms with Gasteiger partial charge in [-0.1, -0.05) is 36.4 Å². The van der Waals surface area contributed by atoms with Crippen LogP contribution in [0.5, 0.6) is 0 Å². The summed E-state index contributed by atoms with van der Waals surface area (Å²) in [6.07, 6.45) is 10.3. The average molecular weight is 238 g/mol. The van der Waals surface area contributed by atoms with Gasteiger partial charge in [-0.05, 0) is 39.0 Å². The molecule has 0 N–H and O–H groups in total. The average Bonchev–Trinajstić information content (AvgIpc) is 2.71. The summed E-state index contributed by atoms with van der Waals surface area (Å²) >= 11 is 0. The summed E-state index contributed by atoms with van der Waals surface area (Å²) in [4.78, 5) is 4.58. The third kappa shape index (κ3) is 2.28. The highest BCUT2D eigenvalue weighted by Crippen LogP contribution is 2.20. The Morgan fingerprint density at radius 2 is 1.94 bits per heavy atom. The molecule has 0 fully saturated rings. The number of rotatable bonds is 3. The van der Waals surface area contributed by atoms with Crippen LogP contribution in [0.1, 0.15) is 19.7 Å². The van der Waals surface area contributed by atoms with Crippen LogP contribution in [0.2, 0.25) is 0 Å². The van der Waals surface area contributed by atoms with Crippen LogP contribution < -0.4 is 0 Å². The Bertz CT molecular complexity index is 628. The van der Waals surface area contributed by atoms with Gasteiger partial charge in [0.1, 0.15) is 5.82 Å². The van der Waals surface area contributed by atoms with Crippen LogP contribution >= 0.6 is 0 Å². The Labute approximate surface area is 108 Å². The molecule has 2 heteroatoms. The Morgan fingerprint density at radius 1 is 1.17 bits per heavy atom. The molecule has 2 aromatic rings. The van der Waals surface area contributed by atoms with Crippen molar-refractivity contribution in [3.8, 4) is 0 Å². The molecular formula is C16H18N2. The highest BCUT2D eigenvalue weighted by molar-refractivity contribution is 5.81. The quantitative estimate of drug-likeness (QED) is 0.727. The maximum Gasteiger partial charge on any atom is 0.111 e. The Kier molecular flexibility index (Phi) is 3.78. The van der Waals surface area contributed by atoms with E-state index in [2.05, 4.69) is 27.8 Å². The fourth-order valence-electron chi connectivity index (χ4n) is 2.04. The van der Waals surface area contributed by atoms with Gasteiger partial charge >= 0.3 is 0 Å². The smallest absolute Gasteiger partial charge is 0.111 e. The van der Waals surface area contributed by atoms with Crippen molar-refractivity contribution in [1.29, 1.82) is 0 Å². The number of allylic oxidation sites excluding steroid dienone is 6. The van der Waals surface area contributed by atoms with E-state index < -0.39 is 0 Å². The highest BCUT2D eigenvalue weighted by atomic mass is 15.1. The van der Waals surface area contributed by atoms with Crippen molar-refractivity contribution in [2.45, 2.75) is 20.8 Å². The molecule has 1 aromatic carbocycles. The minimum atomic E-state index is 1.01. The molecule has 18 heavy (non-hydrogen) atoms. The van der Waals surface area contributed by atoms with Gasteiger partial charge in [0.05, 0.1) is 11.0 Å². The maximum atomic E-state index is 4.58. The third-order valence-electron chi connectivity index (χ3n) is 2.85. The number of imidazole rings is 1. The number of hydrogen-bond donors (Lipinski definition) is 0. The summed E-state index contributed by atoms with van der Waals surface area (Å²) in [5, 5.41) is 0. The second-order valence-electron chi connectivity index (χ2n) is 4.08. The van der Waals surface area contributed by atoms with Crippen molar-refractivity contribution < 1.29 is 0 Å². The summed E-state index contributed by atoms with van der Waals surface area (Å²) in [5.41, 5.74) is 3.32. The van der Waals surface area contributed by atoms with Crippen LogP contribution in [0.25, 0.3) is 16.7 Å². The lowest BCUT2D eigenvalue weighted by Gasteiger charge is -2.07. The Morgan fingerprint density at radius 3 is 2.67 bits per heavy atom. The summed E-state index contributed by atoms with van der Waals surface area (Å²) < 4.78 is 2.18. The molecule has 0 radical (unpaired) electrons. The minimum Gasteiger partial charge on any atom is -0.297 e. The number of hydrogen-bond acceptors (Lipinski definition) is 1. The highest BCUT2D eigenvalue weighted by Gasteiger charge is 2.07. The van der Waals surface area contributed by atoms with Gasteiger partial charge in [-0.25, -0.2) is 4.98 Å². The van der Waals surface area contributed by atoms with Gasteiger partial charge in [0.15, 0.2) is 0 Å². The van der Waals surface area contributed by atoms with Gasteiger partial charge in [-0.15, -0.1) is 0 Å². The molecule has 2 nitrogen and oxygen atoms in total. The van der Waals surface area contributed by atoms with E-state index in [1.807, 2.05) is 57.2 Å². The van der Waals surface area contributed by atoms with Gasteiger partial charge in [0.2, 0.25) is 0 Å². The summed E-state index contributed by atoms with van der Waals surface area (Å²) in [5.74, 6) is 1.01. The molecule has 0 amide bonds. The lowest BCUT2D eigenvalue weighted by molar-refractivity contribution is 1.03. The maximum absolute atomic E-state index is 4.58. The zero-order chi connectivity index (χ0) is 13.0. The van der Waals surface area contributed by atoms with E-state index in [-0.39, 0.29) is 0 Å². The van der Waals surface area contributed by atoms with E-state index in [0.717, 1.165) is 22.6 Å². The molecular weight excluding hydrogens is 220 g/mol. The molecule has 0 spiro atoms. The first-order valence-electron chi connectivity index (χ1n) is 6.18. The summed E-state index contributed by atoms with van der Waals surface area (Å²) in [6, 6.07) is 8.21. The van der Waals surface area contributed by atoms with E-state index in [9.17, 15) is 0 Å². The number of fused-ring (bicyclic) bond motifs is 1. The molecule has 0 aliphatic heterocycles. The lowest BCUT2D eigenvalue weighted by Crippen LogP contribution is -1.97. The third-order valence-corrected chi connectivity index (χ3v) is 2.85. The summed E-state index contributed by atoms with van der Waals surface area (Å²) in [6.45, 7) is 6.09. The van der Waals surface area contributed by atoms with Crippen LogP contribution in [-0.2, 0) is 0 Å². The van der Waals surface area contributed by atoms with E-state index in [1.54, 1.807) is 0 Å². The SMILES string of the molecule is C\C=C/C=C\C(=C/C)n1c(C)nc2ccccc21. The van der Waals surface area contributed by atoms with E-state index in [0.29, 0.717) is 0 Å². The number of aryl methyl sites for hydroxylation is 1. The number of aromatic nitrogens is 2. The molecule has 0 unspecified atom stereocenters. The van der Waals surface area contributed by atoms with Crippen LogP contribution in [0, 0.1) is 6.92 Å². The molecule has 1 heterocycles. The molecule has 2 rings (SSSR count). The standard InChI is InChI=1S/C16H18N2/c1-4-6-7-10-14(5-2)18-13(3)17-15-11-8-9-12-16(15)18/h4-12H,1-3H3/b6-4-,10-7-,14-5+. The summed E-state index contributed by atoms with van der Waals surface area (Å²) in [7, 11) is 0. The molecule has 1 aromatic heterocycles. The number of para-hydroxylation sites is 2. The molecule has 0 aliphatic rings. The predicted molar refractivity (Wildman–Crippen MR) is 78.4 cm³/mol. The van der Waals surface area contributed by atoms with Gasteiger partial charge in [-0.3, -0.25) is 4.57 Å². The normalized spacial score (nSPS) is 13.2. The molecule has 0 saturated heterocycles. The van der Waals surface area contributed by atoms with Crippen molar-refractivity contribution in [3.63, 3.8) is 0 Å². The fourth-order valence-corrected chi connectivity index (χ4v) is 2.04. The molecule has 0 atom stereocenters. The predicted octanol–water partition coefficient (Wildman–Crippen LogP) is 4.34. The van der Waals surface area contributed by atoms with Crippen LogP contribution in [-0.4, -0.2) is 9.55 Å². The van der Waals surface area contributed by atoms with Crippen LogP contribution in [0.15, 0.2) is 54.6 Å². The van der Waals surface area contributed by atoms with Crippen molar-refractivity contribution in [2.75, 3.05) is 0 Å². The van der Waals surface area contributed by atoms with Crippen molar-refractivity contribution in [3.05, 3.63) is 60.5 Å². The lowest BCUT2D eigenvalue weighted by atomic mass is 10.3. The second-order valence-corrected chi connectivity index (χ2v) is 4.08. The molecule has 0 saturated carbocycles. The number of benzene rings is 1. The van der Waals surface area contributed by atoms with Crippen molar-refractivity contribution in [1.82, 2.24) is 9.55 Å². The molecule has 92 valence electrons. The first-order chi connectivity index (χ1) is 8.77. The monoisotopic (exact) mass is 238 g/mol. The topological polar surface area (TPSA) is 17.8 Å². The van der Waals surface area contributed by atoms with Gasteiger partial charge in [0, 0.05) is 5.70 Å². The fraction of sp³-hybridized carbons (Fsp3) is 0.188. The first kappa shape index (κ1) is 12.4. The van der Waals surface area contributed by atoms with Crippen LogP contribution in [0.4, 0.5) is 0 Å². The van der Waals surface area contributed by atoms with Gasteiger partial charge in [-0.2, -0.15) is 0 Å². The van der Waals surface area contributed by atoms with E-state index in [1.165, 1.54) is 0 Å². The minimum absolute atomic E-state index is 1.01. The van der Waals surface area contributed by atoms with Crippen LogP contribution in [0.3, 0.4) is 0 Å². The van der Waals surface area contributed by atoms with Gasteiger partial charge in [0.25, 0.3) is 0 Å². The Hall–Kier alpha value is -2.09. The second kappa shape index (κ2) is 5.50. The van der Waals surface area contributed by atoms with E-state index in [4.69, 9.17) is 0 Å². The zero-order valence-corrected chi connectivity index (χ0v) is 11.1. The van der Waals surface area contributed by atoms with Crippen molar-refractivity contribution in [2.24, 2.45) is 0 Å². The van der Waals surface area contributed by atoms with Gasteiger partial charge < -0.3 is 0 Å². The number of nitrogens with zero attached hydrogens (tertiary/aromatic N) is 2. The Balaban J connectivity index is 2.55. The molecule has 0 aliphatic carbocycles. The first-order valence-corrected chi connectivity index (χ1v) is 6.18.